The Kier molecular flexibility index (Phi) is 2.94. The molecule has 1 aromatic carbocycles. The highest BCUT2D eigenvalue weighted by Gasteiger charge is 2.10. The molecular weight excluding hydrogens is 282 g/mol. The van der Waals surface area contributed by atoms with Crippen LogP contribution in [0.15, 0.2) is 36.9 Å². The van der Waals surface area contributed by atoms with Crippen molar-refractivity contribution in [1.29, 1.82) is 0 Å². The van der Waals surface area contributed by atoms with Crippen molar-refractivity contribution in [3.8, 4) is 0 Å². The molecule has 0 unspecified atom stereocenters. The van der Waals surface area contributed by atoms with Crippen molar-refractivity contribution in [3.63, 3.8) is 0 Å². The molecule has 0 atom stereocenters. The molecule has 0 saturated carbocycles. The van der Waals surface area contributed by atoms with Gasteiger partial charge in [0.2, 0.25) is 0 Å². The second-order valence-electron chi connectivity index (χ2n) is 4.85. The van der Waals surface area contributed by atoms with Crippen molar-refractivity contribution in [1.82, 2.24) is 29.9 Å². The van der Waals surface area contributed by atoms with Gasteiger partial charge in [0.1, 0.15) is 12.1 Å². The van der Waals surface area contributed by atoms with E-state index >= 15 is 0 Å². The fourth-order valence-corrected chi connectivity index (χ4v) is 2.41. The zero-order valence-corrected chi connectivity index (χ0v) is 11.6. The van der Waals surface area contributed by atoms with Crippen LogP contribution in [0.1, 0.15) is 0 Å². The monoisotopic (exact) mass is 295 g/mol. The van der Waals surface area contributed by atoms with Crippen molar-refractivity contribution < 1.29 is 5.11 Å². The number of hydrogen-bond acceptors (Lipinski definition) is 6. The van der Waals surface area contributed by atoms with Gasteiger partial charge in [0, 0.05) is 11.1 Å². The Labute approximate surface area is 124 Å². The first-order valence-electron chi connectivity index (χ1n) is 6.83. The van der Waals surface area contributed by atoms with E-state index in [0.29, 0.717) is 18.0 Å². The van der Waals surface area contributed by atoms with E-state index in [9.17, 15) is 0 Å². The quantitative estimate of drug-likeness (QED) is 0.526. The van der Waals surface area contributed by atoms with Crippen LogP contribution in [0.5, 0.6) is 0 Å². The number of fused-ring (bicyclic) bond motifs is 2. The van der Waals surface area contributed by atoms with Gasteiger partial charge in [-0.05, 0) is 18.2 Å². The zero-order chi connectivity index (χ0) is 14.9. The average Bonchev–Trinajstić information content (AvgIpc) is 3.15. The van der Waals surface area contributed by atoms with Crippen molar-refractivity contribution in [2.24, 2.45) is 0 Å². The summed E-state index contributed by atoms with van der Waals surface area (Å²) in [6.07, 6.45) is 4.95. The highest BCUT2D eigenvalue weighted by atomic mass is 16.3. The third kappa shape index (κ3) is 2.06. The SMILES string of the molecule is OCCn1ncc2c(Nc3ccc4[nH]ncc4c3)ncnc21. The van der Waals surface area contributed by atoms with E-state index in [1.807, 2.05) is 18.2 Å². The van der Waals surface area contributed by atoms with E-state index in [2.05, 4.69) is 30.6 Å². The first kappa shape index (κ1) is 12.7. The summed E-state index contributed by atoms with van der Waals surface area (Å²) in [6, 6.07) is 5.90. The molecule has 0 spiro atoms. The minimum absolute atomic E-state index is 0.0146. The molecule has 3 aromatic heterocycles. The molecule has 0 amide bonds. The Morgan fingerprint density at radius 3 is 3.09 bits per heavy atom. The normalized spacial score (nSPS) is 11.3. The van der Waals surface area contributed by atoms with Crippen LogP contribution in [-0.2, 0) is 6.54 Å². The van der Waals surface area contributed by atoms with E-state index in [4.69, 9.17) is 5.11 Å². The van der Waals surface area contributed by atoms with Crippen molar-refractivity contribution in [2.75, 3.05) is 11.9 Å². The van der Waals surface area contributed by atoms with Gasteiger partial charge in [-0.15, -0.1) is 0 Å². The lowest BCUT2D eigenvalue weighted by molar-refractivity contribution is 0.271. The number of aromatic amines is 1. The second-order valence-corrected chi connectivity index (χ2v) is 4.85. The largest absolute Gasteiger partial charge is 0.394 e. The molecule has 3 heterocycles. The number of nitrogens with one attached hydrogen (secondary N) is 2. The summed E-state index contributed by atoms with van der Waals surface area (Å²) in [6.45, 7) is 0.418. The van der Waals surface area contributed by atoms with Crippen LogP contribution in [0.4, 0.5) is 11.5 Å². The zero-order valence-electron chi connectivity index (χ0n) is 11.6. The molecule has 8 heteroatoms. The van der Waals surface area contributed by atoms with E-state index < -0.39 is 0 Å². The topological polar surface area (TPSA) is 105 Å². The molecule has 0 aliphatic rings. The number of hydrogen-bond donors (Lipinski definition) is 3. The Morgan fingerprint density at radius 1 is 1.23 bits per heavy atom. The maximum absolute atomic E-state index is 9.05. The molecule has 0 fully saturated rings. The predicted octanol–water partition coefficient (Wildman–Crippen LogP) is 1.44. The van der Waals surface area contributed by atoms with E-state index in [1.165, 1.54) is 6.33 Å². The molecule has 0 aliphatic heterocycles. The summed E-state index contributed by atoms with van der Waals surface area (Å²) in [5.74, 6) is 0.678. The van der Waals surface area contributed by atoms with Gasteiger partial charge in [-0.25, -0.2) is 14.6 Å². The fraction of sp³-hybridized carbons (Fsp3) is 0.143. The molecule has 4 rings (SSSR count). The van der Waals surface area contributed by atoms with Crippen LogP contribution in [-0.4, -0.2) is 41.7 Å². The number of rotatable bonds is 4. The first-order chi connectivity index (χ1) is 10.8. The van der Waals surface area contributed by atoms with E-state index in [0.717, 1.165) is 22.0 Å². The molecule has 4 aromatic rings. The van der Waals surface area contributed by atoms with Crippen LogP contribution in [0, 0.1) is 0 Å². The van der Waals surface area contributed by atoms with E-state index in [-0.39, 0.29) is 6.61 Å². The number of aliphatic hydroxyl groups is 1. The Hall–Kier alpha value is -3.00. The molecule has 0 saturated heterocycles. The maximum atomic E-state index is 9.05. The van der Waals surface area contributed by atoms with Crippen LogP contribution in [0.25, 0.3) is 21.9 Å². The highest BCUT2D eigenvalue weighted by molar-refractivity contribution is 5.90. The summed E-state index contributed by atoms with van der Waals surface area (Å²) >= 11 is 0. The van der Waals surface area contributed by atoms with Crippen LogP contribution in [0.3, 0.4) is 0 Å². The molecule has 0 bridgehead atoms. The lowest BCUT2D eigenvalue weighted by Gasteiger charge is -2.06. The van der Waals surface area contributed by atoms with Gasteiger partial charge in [-0.2, -0.15) is 10.2 Å². The number of nitrogens with zero attached hydrogens (tertiary/aromatic N) is 5. The Morgan fingerprint density at radius 2 is 2.18 bits per heavy atom. The Bertz CT molecular complexity index is 943. The van der Waals surface area contributed by atoms with Crippen molar-refractivity contribution in [2.45, 2.75) is 6.54 Å². The minimum atomic E-state index is 0.0146. The maximum Gasteiger partial charge on any atom is 0.163 e. The summed E-state index contributed by atoms with van der Waals surface area (Å²) < 4.78 is 1.65. The molecule has 3 N–H and O–H groups in total. The van der Waals surface area contributed by atoms with Gasteiger partial charge < -0.3 is 10.4 Å². The molecule has 0 aliphatic carbocycles. The summed E-state index contributed by atoms with van der Waals surface area (Å²) in [5.41, 5.74) is 2.58. The van der Waals surface area contributed by atoms with Gasteiger partial charge in [0.15, 0.2) is 5.65 Å². The summed E-state index contributed by atoms with van der Waals surface area (Å²) in [4.78, 5) is 8.51. The predicted molar refractivity (Wildman–Crippen MR) is 81.8 cm³/mol. The summed E-state index contributed by atoms with van der Waals surface area (Å²) in [5, 5.41) is 25.3. The van der Waals surface area contributed by atoms with E-state index in [1.54, 1.807) is 17.1 Å². The van der Waals surface area contributed by atoms with Gasteiger partial charge >= 0.3 is 0 Å². The number of aliphatic hydroxyl groups excluding tert-OH is 1. The fourth-order valence-electron chi connectivity index (χ4n) is 2.41. The molecule has 22 heavy (non-hydrogen) atoms. The standard InChI is InChI=1S/C14H13N7O/c22-4-3-21-14-11(7-18-21)13(15-8-16-14)19-10-1-2-12-9(5-10)6-17-20-12/h1-2,5-8,22H,3-4H2,(H,17,20)(H,15,16,19). The van der Waals surface area contributed by atoms with Crippen molar-refractivity contribution >= 4 is 33.4 Å². The van der Waals surface area contributed by atoms with Gasteiger partial charge in [0.25, 0.3) is 0 Å². The van der Waals surface area contributed by atoms with Crippen molar-refractivity contribution in [3.05, 3.63) is 36.9 Å². The average molecular weight is 295 g/mol. The number of aromatic nitrogens is 6. The number of anilines is 2. The third-order valence-electron chi connectivity index (χ3n) is 3.45. The molecular formula is C14H13N7O. The third-order valence-corrected chi connectivity index (χ3v) is 3.45. The number of benzene rings is 1. The van der Waals surface area contributed by atoms with Gasteiger partial charge in [-0.3, -0.25) is 5.10 Å². The first-order valence-corrected chi connectivity index (χ1v) is 6.83. The number of H-pyrrole nitrogens is 1. The molecule has 0 radical (unpaired) electrons. The van der Waals surface area contributed by atoms with Crippen LogP contribution < -0.4 is 5.32 Å². The van der Waals surface area contributed by atoms with Crippen LogP contribution >= 0.6 is 0 Å². The highest BCUT2D eigenvalue weighted by Crippen LogP contribution is 2.24. The second kappa shape index (κ2) is 5.08. The van der Waals surface area contributed by atoms with Gasteiger partial charge in [0.05, 0.1) is 36.4 Å². The lowest BCUT2D eigenvalue weighted by atomic mass is 10.2. The van der Waals surface area contributed by atoms with Crippen LogP contribution in [0.2, 0.25) is 0 Å². The smallest absolute Gasteiger partial charge is 0.163 e. The minimum Gasteiger partial charge on any atom is -0.394 e. The lowest BCUT2D eigenvalue weighted by Crippen LogP contribution is -2.04. The van der Waals surface area contributed by atoms with Gasteiger partial charge in [-0.1, -0.05) is 0 Å². The molecule has 110 valence electrons. The summed E-state index contributed by atoms with van der Waals surface area (Å²) in [7, 11) is 0. The Balaban J connectivity index is 1.74. The molecule has 8 nitrogen and oxygen atoms in total.